The molecule has 0 saturated carbocycles. The predicted molar refractivity (Wildman–Crippen MR) is 143 cm³/mol. The van der Waals surface area contributed by atoms with Crippen molar-refractivity contribution in [1.82, 2.24) is 14.5 Å². The van der Waals surface area contributed by atoms with E-state index in [-0.39, 0.29) is 5.82 Å². The van der Waals surface area contributed by atoms with Crippen LogP contribution in [0.4, 0.5) is 10.1 Å². The summed E-state index contributed by atoms with van der Waals surface area (Å²) in [7, 11) is 1.08. The van der Waals surface area contributed by atoms with Gasteiger partial charge in [0.2, 0.25) is 0 Å². The quantitative estimate of drug-likeness (QED) is 0.388. The van der Waals surface area contributed by atoms with Crippen LogP contribution in [-0.4, -0.2) is 56.8 Å². The lowest BCUT2D eigenvalue weighted by Crippen LogP contribution is -2.38. The van der Waals surface area contributed by atoms with Gasteiger partial charge in [-0.05, 0) is 67.8 Å². The van der Waals surface area contributed by atoms with E-state index in [1.807, 2.05) is 30.3 Å². The van der Waals surface area contributed by atoms with Crippen LogP contribution in [0.5, 0.6) is 0 Å². The first-order chi connectivity index (χ1) is 17.0. The van der Waals surface area contributed by atoms with Gasteiger partial charge in [0, 0.05) is 65.3 Å². The maximum Gasteiger partial charge on any atom is 0.149 e. The lowest BCUT2D eigenvalue weighted by molar-refractivity contribution is 0.296. The van der Waals surface area contributed by atoms with Crippen molar-refractivity contribution >= 4 is 27.5 Å². The maximum atomic E-state index is 14.8. The Morgan fingerprint density at radius 1 is 1.06 bits per heavy atom. The number of hydrogen-bond acceptors (Lipinski definition) is 4. The van der Waals surface area contributed by atoms with E-state index in [0.717, 1.165) is 72.0 Å². The van der Waals surface area contributed by atoms with Crippen molar-refractivity contribution in [3.8, 4) is 16.9 Å². The Kier molecular flexibility index (Phi) is 6.97. The Labute approximate surface area is 208 Å². The van der Waals surface area contributed by atoms with Gasteiger partial charge in [0.1, 0.15) is 11.5 Å². The number of halogens is 1. The molecule has 0 radical (unpaired) electrons. The summed E-state index contributed by atoms with van der Waals surface area (Å²) >= 11 is 0. The van der Waals surface area contributed by atoms with Crippen molar-refractivity contribution in [1.29, 1.82) is 0 Å². The minimum Gasteiger partial charge on any atom is -0.386 e. The summed E-state index contributed by atoms with van der Waals surface area (Å²) in [4.78, 5) is 7.45. The largest absolute Gasteiger partial charge is 0.386 e. The Hall–Kier alpha value is -3.03. The molecular weight excluding hydrogens is 459 g/mol. The van der Waals surface area contributed by atoms with Crippen LogP contribution < -0.4 is 5.32 Å². The second kappa shape index (κ2) is 10.3. The number of aryl methyl sites for hydroxylation is 1. The Morgan fingerprint density at radius 2 is 1.83 bits per heavy atom. The van der Waals surface area contributed by atoms with E-state index in [0.29, 0.717) is 11.3 Å². The summed E-state index contributed by atoms with van der Waals surface area (Å²) < 4.78 is 28.6. The molecule has 0 aliphatic carbocycles. The standard InChI is InChI=1S/C28H31FN4OS/c1-20-23(10-13-26(30-2)27(20)29)25-12-11-24-21(7-6-14-32-15-17-35(34)18-16-32)19-33(28(24)31-25)22-8-4-3-5-9-22/h3-5,8-13,19,30H,6-7,14-18H2,1-2H3. The SMILES string of the molecule is CNc1ccc(-c2ccc3c(CCCN4CCS(=O)CC4)cn(-c4ccccc4)c3n2)c(C)c1F. The molecule has 5 rings (SSSR count). The van der Waals surface area contributed by atoms with Crippen LogP contribution in [0.25, 0.3) is 28.0 Å². The van der Waals surface area contributed by atoms with E-state index < -0.39 is 10.8 Å². The van der Waals surface area contributed by atoms with Crippen LogP contribution in [-0.2, 0) is 17.2 Å². The van der Waals surface area contributed by atoms with Crippen LogP contribution >= 0.6 is 0 Å². The smallest absolute Gasteiger partial charge is 0.149 e. The van der Waals surface area contributed by atoms with Crippen molar-refractivity contribution in [3.63, 3.8) is 0 Å². The Morgan fingerprint density at radius 3 is 2.57 bits per heavy atom. The minimum atomic E-state index is -0.643. The lowest BCUT2D eigenvalue weighted by Gasteiger charge is -2.25. The summed E-state index contributed by atoms with van der Waals surface area (Å²) in [5.41, 5.74) is 5.84. The number of nitrogens with zero attached hydrogens (tertiary/aromatic N) is 3. The highest BCUT2D eigenvalue weighted by molar-refractivity contribution is 7.85. The zero-order valence-electron chi connectivity index (χ0n) is 20.3. The molecule has 2 aromatic heterocycles. The molecule has 1 saturated heterocycles. The van der Waals surface area contributed by atoms with Crippen LogP contribution in [0, 0.1) is 12.7 Å². The van der Waals surface area contributed by atoms with Crippen LogP contribution in [0.3, 0.4) is 0 Å². The summed E-state index contributed by atoms with van der Waals surface area (Å²) in [6, 6.07) is 18.1. The van der Waals surface area contributed by atoms with Crippen molar-refractivity contribution in [2.24, 2.45) is 0 Å². The fourth-order valence-corrected chi connectivity index (χ4v) is 5.98. The number of aromatic nitrogens is 2. The molecule has 1 aliphatic rings. The molecule has 1 aliphatic heterocycles. The van der Waals surface area contributed by atoms with Crippen LogP contribution in [0.1, 0.15) is 17.5 Å². The van der Waals surface area contributed by atoms with E-state index in [4.69, 9.17) is 4.98 Å². The number of fused-ring (bicyclic) bond motifs is 1. The number of nitrogens with one attached hydrogen (secondary N) is 1. The average Bonchev–Trinajstić information content (AvgIpc) is 3.25. The maximum absolute atomic E-state index is 14.8. The van der Waals surface area contributed by atoms with Gasteiger partial charge in [0.15, 0.2) is 0 Å². The van der Waals surface area contributed by atoms with Crippen LogP contribution in [0.2, 0.25) is 0 Å². The molecular formula is C28H31FN4OS. The molecule has 0 spiro atoms. The van der Waals surface area contributed by atoms with E-state index in [9.17, 15) is 8.60 Å². The van der Waals surface area contributed by atoms with E-state index >= 15 is 0 Å². The summed E-state index contributed by atoms with van der Waals surface area (Å²) in [6.07, 6.45) is 4.18. The normalized spacial score (nSPS) is 15.1. The first-order valence-corrected chi connectivity index (χ1v) is 13.6. The van der Waals surface area contributed by atoms with Crippen LogP contribution in [0.15, 0.2) is 60.8 Å². The summed E-state index contributed by atoms with van der Waals surface area (Å²) in [5, 5.41) is 4.03. The Bertz CT molecular complexity index is 1360. The van der Waals surface area contributed by atoms with Crippen molar-refractivity contribution in [2.75, 3.05) is 43.5 Å². The highest BCUT2D eigenvalue weighted by atomic mass is 32.2. The highest BCUT2D eigenvalue weighted by Gasteiger charge is 2.17. The van der Waals surface area contributed by atoms with Gasteiger partial charge in [-0.3, -0.25) is 4.21 Å². The third-order valence-corrected chi connectivity index (χ3v) is 8.17. The number of rotatable bonds is 7. The van der Waals surface area contributed by atoms with Gasteiger partial charge >= 0.3 is 0 Å². The molecule has 7 heteroatoms. The fraction of sp³-hybridized carbons (Fsp3) is 0.321. The van der Waals surface area contributed by atoms with Crippen molar-refractivity contribution in [2.45, 2.75) is 19.8 Å². The topological polar surface area (TPSA) is 50.2 Å². The van der Waals surface area contributed by atoms with Crippen molar-refractivity contribution in [3.05, 3.63) is 77.7 Å². The molecule has 3 heterocycles. The molecule has 35 heavy (non-hydrogen) atoms. The van der Waals surface area contributed by atoms with Gasteiger partial charge in [0.25, 0.3) is 0 Å². The number of pyridine rings is 1. The minimum absolute atomic E-state index is 0.243. The molecule has 1 fully saturated rings. The van der Waals surface area contributed by atoms with Gasteiger partial charge in [-0.1, -0.05) is 24.3 Å². The lowest BCUT2D eigenvalue weighted by atomic mass is 10.0. The monoisotopic (exact) mass is 490 g/mol. The number of hydrogen-bond donors (Lipinski definition) is 1. The van der Waals surface area contributed by atoms with E-state index in [1.54, 1.807) is 20.0 Å². The second-order valence-electron chi connectivity index (χ2n) is 9.07. The third-order valence-electron chi connectivity index (χ3n) is 6.89. The first kappa shape index (κ1) is 23.7. The molecule has 2 aromatic carbocycles. The first-order valence-electron chi connectivity index (χ1n) is 12.2. The zero-order valence-corrected chi connectivity index (χ0v) is 21.1. The second-order valence-corrected chi connectivity index (χ2v) is 10.8. The number of para-hydroxylation sites is 1. The molecule has 5 nitrogen and oxygen atoms in total. The molecule has 0 bridgehead atoms. The van der Waals surface area contributed by atoms with Gasteiger partial charge in [-0.2, -0.15) is 0 Å². The van der Waals surface area contributed by atoms with Gasteiger partial charge < -0.3 is 14.8 Å². The fourth-order valence-electron chi connectivity index (χ4n) is 4.85. The van der Waals surface area contributed by atoms with Gasteiger partial charge in [-0.25, -0.2) is 9.37 Å². The van der Waals surface area contributed by atoms with Gasteiger partial charge in [-0.15, -0.1) is 0 Å². The highest BCUT2D eigenvalue weighted by Crippen LogP contribution is 2.32. The number of anilines is 1. The molecule has 4 aromatic rings. The molecule has 182 valence electrons. The summed E-state index contributed by atoms with van der Waals surface area (Å²) in [5.74, 6) is 1.33. The number of benzene rings is 2. The third kappa shape index (κ3) is 4.88. The molecule has 1 N–H and O–H groups in total. The molecule has 0 atom stereocenters. The average molecular weight is 491 g/mol. The molecule has 0 amide bonds. The zero-order chi connectivity index (χ0) is 24.4. The van der Waals surface area contributed by atoms with Crippen molar-refractivity contribution < 1.29 is 8.60 Å². The molecule has 0 unspecified atom stereocenters. The Balaban J connectivity index is 1.49. The predicted octanol–water partition coefficient (Wildman–Crippen LogP) is 5.18. The van der Waals surface area contributed by atoms with E-state index in [1.165, 1.54) is 5.56 Å². The van der Waals surface area contributed by atoms with Gasteiger partial charge in [0.05, 0.1) is 11.4 Å². The van der Waals surface area contributed by atoms with E-state index in [2.05, 4.69) is 39.2 Å². The summed E-state index contributed by atoms with van der Waals surface area (Å²) in [6.45, 7) is 4.66.